The lowest BCUT2D eigenvalue weighted by Gasteiger charge is -2.14. The van der Waals surface area contributed by atoms with Crippen LogP contribution < -0.4 is 5.32 Å². The number of para-hydroxylation sites is 1. The number of halogens is 1. The van der Waals surface area contributed by atoms with Crippen LogP contribution in [0.1, 0.15) is 38.7 Å². The molecule has 4 aromatic heterocycles. The third kappa shape index (κ3) is 6.08. The summed E-state index contributed by atoms with van der Waals surface area (Å²) in [5.74, 6) is 0.704. The second-order valence-electron chi connectivity index (χ2n) is 12.2. The van der Waals surface area contributed by atoms with Gasteiger partial charge in [0.15, 0.2) is 5.82 Å². The second kappa shape index (κ2) is 12.2. The molecule has 0 unspecified atom stereocenters. The molecule has 8 nitrogen and oxygen atoms in total. The zero-order valence-electron chi connectivity index (χ0n) is 25.7. The van der Waals surface area contributed by atoms with Crippen molar-refractivity contribution in [3.05, 3.63) is 90.8 Å². The summed E-state index contributed by atoms with van der Waals surface area (Å²) in [5, 5.41) is 11.9. The molecular weight excluding hydrogens is 563 g/mol. The highest BCUT2D eigenvalue weighted by molar-refractivity contribution is 5.97. The number of H-pyrrole nitrogens is 2. The molecule has 1 aliphatic heterocycles. The van der Waals surface area contributed by atoms with Gasteiger partial charge >= 0.3 is 0 Å². The fourth-order valence-corrected chi connectivity index (χ4v) is 6.07. The van der Waals surface area contributed by atoms with Gasteiger partial charge in [-0.3, -0.25) is 15.1 Å². The Morgan fingerprint density at radius 3 is 2.73 bits per heavy atom. The number of nitrogens with zero attached hydrogens (tertiary/aromatic N) is 5. The maximum absolute atomic E-state index is 14.9. The van der Waals surface area contributed by atoms with Gasteiger partial charge in [-0.25, -0.2) is 9.37 Å². The first-order valence-electron chi connectivity index (χ1n) is 15.7. The van der Waals surface area contributed by atoms with E-state index in [1.807, 2.05) is 30.3 Å². The number of hydrogen-bond acceptors (Lipinski definition) is 6. The topological polar surface area (TPSA) is 98.4 Å². The minimum absolute atomic E-state index is 0.225. The minimum atomic E-state index is -0.225. The Balaban J connectivity index is 1.20. The number of imidazole rings is 1. The van der Waals surface area contributed by atoms with Gasteiger partial charge < -0.3 is 15.2 Å². The summed E-state index contributed by atoms with van der Waals surface area (Å²) in [6.45, 7) is 11.7. The Hall–Kier alpha value is -4.89. The van der Waals surface area contributed by atoms with Gasteiger partial charge in [-0.2, -0.15) is 5.10 Å². The van der Waals surface area contributed by atoms with Gasteiger partial charge in [-0.15, -0.1) is 0 Å². The van der Waals surface area contributed by atoms with E-state index in [1.165, 1.54) is 25.9 Å². The molecule has 5 heterocycles. The molecule has 0 atom stereocenters. The van der Waals surface area contributed by atoms with Crippen LogP contribution in [0.2, 0.25) is 0 Å². The summed E-state index contributed by atoms with van der Waals surface area (Å²) in [6, 6.07) is 15.3. The number of allylic oxidation sites excluding steroid dienone is 1. The van der Waals surface area contributed by atoms with Crippen LogP contribution in [0.15, 0.2) is 79.4 Å². The maximum atomic E-state index is 14.9. The second-order valence-corrected chi connectivity index (χ2v) is 12.2. The van der Waals surface area contributed by atoms with Crippen molar-refractivity contribution in [2.45, 2.75) is 39.5 Å². The summed E-state index contributed by atoms with van der Waals surface area (Å²) in [4.78, 5) is 20.0. The van der Waals surface area contributed by atoms with E-state index in [2.05, 4.69) is 61.9 Å². The maximum Gasteiger partial charge on any atom is 0.159 e. The summed E-state index contributed by atoms with van der Waals surface area (Å²) in [7, 11) is 0. The van der Waals surface area contributed by atoms with Gasteiger partial charge in [0.2, 0.25) is 0 Å². The number of anilines is 1. The summed E-state index contributed by atoms with van der Waals surface area (Å²) in [5.41, 5.74) is 9.28. The normalized spacial score (nSPS) is 13.8. The fourth-order valence-electron chi connectivity index (χ4n) is 6.07. The molecule has 1 fully saturated rings. The molecule has 0 bridgehead atoms. The SMILES string of the molecule is C=C(Nc1cncc(-c2cc3c(-c4nc5c(-c6cc(F)cc(CCCN7CCCC7)c6)cccc5[nH]4)n[nH]c3cn2)c1)C(C)C. The molecule has 0 aliphatic carbocycles. The number of fused-ring (bicyclic) bond motifs is 2. The molecule has 0 spiro atoms. The van der Waals surface area contributed by atoms with Crippen LogP contribution in [0.5, 0.6) is 0 Å². The van der Waals surface area contributed by atoms with Gasteiger partial charge in [0.05, 0.1) is 40.3 Å². The monoisotopic (exact) mass is 600 g/mol. The predicted molar refractivity (Wildman–Crippen MR) is 179 cm³/mol. The van der Waals surface area contributed by atoms with E-state index in [-0.39, 0.29) is 5.82 Å². The number of nitrogens with one attached hydrogen (secondary N) is 3. The first kappa shape index (κ1) is 28.9. The minimum Gasteiger partial charge on any atom is -0.358 e. The molecule has 2 aromatic carbocycles. The number of aromatic nitrogens is 6. The van der Waals surface area contributed by atoms with Gasteiger partial charge in [0.25, 0.3) is 0 Å². The van der Waals surface area contributed by atoms with Crippen LogP contribution in [0.3, 0.4) is 0 Å². The lowest BCUT2D eigenvalue weighted by atomic mass is 9.99. The van der Waals surface area contributed by atoms with Crippen molar-refractivity contribution in [3.8, 4) is 33.9 Å². The van der Waals surface area contributed by atoms with Crippen LogP contribution in [-0.2, 0) is 6.42 Å². The highest BCUT2D eigenvalue weighted by Gasteiger charge is 2.18. The van der Waals surface area contributed by atoms with E-state index in [1.54, 1.807) is 30.7 Å². The van der Waals surface area contributed by atoms with Crippen LogP contribution in [-0.4, -0.2) is 54.7 Å². The highest BCUT2D eigenvalue weighted by Crippen LogP contribution is 2.33. The molecule has 9 heteroatoms. The molecule has 45 heavy (non-hydrogen) atoms. The van der Waals surface area contributed by atoms with E-state index >= 15 is 0 Å². The Bertz CT molecular complexity index is 2000. The average molecular weight is 601 g/mol. The number of benzene rings is 2. The van der Waals surface area contributed by atoms with Gasteiger partial charge in [0, 0.05) is 28.4 Å². The molecule has 228 valence electrons. The molecule has 7 rings (SSSR count). The van der Waals surface area contributed by atoms with Crippen molar-refractivity contribution < 1.29 is 4.39 Å². The summed E-state index contributed by atoms with van der Waals surface area (Å²) < 4.78 is 14.9. The van der Waals surface area contributed by atoms with E-state index in [9.17, 15) is 4.39 Å². The third-order valence-corrected chi connectivity index (χ3v) is 8.63. The van der Waals surface area contributed by atoms with Crippen molar-refractivity contribution >= 4 is 27.6 Å². The van der Waals surface area contributed by atoms with E-state index in [0.717, 1.165) is 80.7 Å². The molecule has 0 saturated carbocycles. The van der Waals surface area contributed by atoms with Crippen molar-refractivity contribution in [2.75, 3.05) is 25.0 Å². The number of hydrogen-bond donors (Lipinski definition) is 3. The van der Waals surface area contributed by atoms with E-state index < -0.39 is 0 Å². The Morgan fingerprint density at radius 1 is 1.02 bits per heavy atom. The first-order valence-corrected chi connectivity index (χ1v) is 15.7. The zero-order valence-corrected chi connectivity index (χ0v) is 25.7. The largest absolute Gasteiger partial charge is 0.358 e. The van der Waals surface area contributed by atoms with Crippen molar-refractivity contribution in [1.82, 2.24) is 35.0 Å². The molecule has 0 amide bonds. The number of rotatable bonds is 10. The van der Waals surface area contributed by atoms with Crippen molar-refractivity contribution in [3.63, 3.8) is 0 Å². The lowest BCUT2D eigenvalue weighted by molar-refractivity contribution is 0.334. The van der Waals surface area contributed by atoms with Crippen molar-refractivity contribution in [2.24, 2.45) is 5.92 Å². The summed E-state index contributed by atoms with van der Waals surface area (Å²) >= 11 is 0. The highest BCUT2D eigenvalue weighted by atomic mass is 19.1. The Kier molecular flexibility index (Phi) is 7.85. The number of aromatic amines is 2. The molecular formula is C36H37FN8. The first-order chi connectivity index (χ1) is 21.9. The van der Waals surface area contributed by atoms with Gasteiger partial charge in [-0.05, 0) is 92.7 Å². The average Bonchev–Trinajstić information content (AvgIpc) is 3.80. The molecule has 6 aromatic rings. The Labute approximate surface area is 261 Å². The Morgan fingerprint density at radius 2 is 1.89 bits per heavy atom. The molecule has 1 aliphatic rings. The molecule has 0 radical (unpaired) electrons. The number of likely N-dealkylation sites (tertiary alicyclic amines) is 1. The smallest absolute Gasteiger partial charge is 0.159 e. The lowest BCUT2D eigenvalue weighted by Crippen LogP contribution is -2.20. The van der Waals surface area contributed by atoms with Crippen LogP contribution in [0.25, 0.3) is 55.8 Å². The summed E-state index contributed by atoms with van der Waals surface area (Å²) in [6.07, 6.45) is 9.78. The predicted octanol–water partition coefficient (Wildman–Crippen LogP) is 7.98. The molecule has 3 N–H and O–H groups in total. The standard InChI is InChI=1S/C36H37FN8/c1-22(2)23(3)40-28-17-26(19-38-20-28)32-18-30-33(21-39-32)43-44-35(30)36-41-31-10-6-9-29(34(31)42-36)25-14-24(15-27(37)16-25)8-7-13-45-11-4-5-12-45/h6,9-10,14-22,40H,3-5,7-8,11-13H2,1-2H3,(H,41,42)(H,43,44). The number of pyridine rings is 2. The zero-order chi connectivity index (χ0) is 30.9. The number of aryl methyl sites for hydroxylation is 1. The fraction of sp³-hybridized carbons (Fsp3) is 0.278. The van der Waals surface area contributed by atoms with Crippen LogP contribution in [0, 0.1) is 11.7 Å². The van der Waals surface area contributed by atoms with Crippen LogP contribution in [0.4, 0.5) is 10.1 Å². The molecule has 1 saturated heterocycles. The van der Waals surface area contributed by atoms with Gasteiger partial charge in [-0.1, -0.05) is 38.6 Å². The third-order valence-electron chi connectivity index (χ3n) is 8.63. The quantitative estimate of drug-likeness (QED) is 0.147. The van der Waals surface area contributed by atoms with E-state index in [4.69, 9.17) is 4.98 Å². The van der Waals surface area contributed by atoms with Crippen molar-refractivity contribution in [1.29, 1.82) is 0 Å². The van der Waals surface area contributed by atoms with Crippen LogP contribution >= 0.6 is 0 Å². The van der Waals surface area contributed by atoms with Gasteiger partial charge in [0.1, 0.15) is 11.5 Å². The van der Waals surface area contributed by atoms with E-state index in [0.29, 0.717) is 17.4 Å².